The molecule has 1 aliphatic carbocycles. The van der Waals surface area contributed by atoms with Crippen molar-refractivity contribution < 1.29 is 36.6 Å². The van der Waals surface area contributed by atoms with E-state index in [1.807, 2.05) is 0 Å². The summed E-state index contributed by atoms with van der Waals surface area (Å²) in [5.41, 5.74) is -0.978. The van der Waals surface area contributed by atoms with Gasteiger partial charge in [0.05, 0.1) is 7.11 Å². The predicted octanol–water partition coefficient (Wildman–Crippen LogP) is 3.81. The number of rotatable bonds is 7. The number of amides is 1. The summed E-state index contributed by atoms with van der Waals surface area (Å²) in [5, 5.41) is 2.29. The van der Waals surface area contributed by atoms with Crippen molar-refractivity contribution in [3.63, 3.8) is 0 Å². The van der Waals surface area contributed by atoms with E-state index in [4.69, 9.17) is 0 Å². The molecule has 0 radical (unpaired) electrons. The number of hydrogen-bond acceptors (Lipinski definition) is 4. The fourth-order valence-electron chi connectivity index (χ4n) is 3.28. The molecule has 1 N–H and O–H groups in total. The van der Waals surface area contributed by atoms with Gasteiger partial charge in [-0.3, -0.25) is 4.79 Å². The number of carbonyl (C=O) groups excluding carboxylic acids is 2. The third kappa shape index (κ3) is 5.83. The van der Waals surface area contributed by atoms with Crippen molar-refractivity contribution in [2.24, 2.45) is 5.92 Å². The number of carbonyl (C=O) groups is 2. The molecule has 0 spiro atoms. The lowest BCUT2D eigenvalue weighted by Crippen LogP contribution is -2.43. The first-order valence-corrected chi connectivity index (χ1v) is 8.64. The van der Waals surface area contributed by atoms with Gasteiger partial charge in [-0.15, -0.1) is 0 Å². The van der Waals surface area contributed by atoms with E-state index in [0.29, 0.717) is 18.6 Å². The molecule has 0 saturated heterocycles. The van der Waals surface area contributed by atoms with Crippen LogP contribution in [0, 0.1) is 17.6 Å². The van der Waals surface area contributed by atoms with Crippen molar-refractivity contribution in [3.05, 3.63) is 29.3 Å². The summed E-state index contributed by atoms with van der Waals surface area (Å²) >= 11 is 0. The van der Waals surface area contributed by atoms with E-state index >= 15 is 0 Å². The van der Waals surface area contributed by atoms with E-state index in [1.54, 1.807) is 0 Å². The van der Waals surface area contributed by atoms with Gasteiger partial charge in [-0.2, -0.15) is 8.78 Å². The van der Waals surface area contributed by atoms with Crippen molar-refractivity contribution >= 4 is 11.9 Å². The van der Waals surface area contributed by atoms with Crippen molar-refractivity contribution in [1.82, 2.24) is 5.32 Å². The van der Waals surface area contributed by atoms with E-state index in [1.165, 1.54) is 0 Å². The Kier molecular flexibility index (Phi) is 7.44. The molecule has 1 amide bonds. The van der Waals surface area contributed by atoms with E-state index in [9.17, 15) is 27.2 Å². The maximum Gasteiger partial charge on any atom is 0.387 e. The van der Waals surface area contributed by atoms with Crippen LogP contribution in [0.25, 0.3) is 0 Å². The Morgan fingerprint density at radius 1 is 1.15 bits per heavy atom. The first-order chi connectivity index (χ1) is 12.8. The van der Waals surface area contributed by atoms with E-state index < -0.39 is 47.5 Å². The highest BCUT2D eigenvalue weighted by Gasteiger charge is 2.29. The van der Waals surface area contributed by atoms with Gasteiger partial charge in [-0.25, -0.2) is 13.6 Å². The molecule has 5 nitrogen and oxygen atoms in total. The molecule has 1 aromatic rings. The zero-order valence-corrected chi connectivity index (χ0v) is 14.8. The van der Waals surface area contributed by atoms with Crippen LogP contribution in [0.1, 0.15) is 48.9 Å². The minimum atomic E-state index is -3.26. The third-order valence-corrected chi connectivity index (χ3v) is 4.55. The van der Waals surface area contributed by atoms with Crippen LogP contribution in [0.2, 0.25) is 0 Å². The Bertz CT molecular complexity index is 654. The van der Waals surface area contributed by atoms with E-state index in [2.05, 4.69) is 14.8 Å². The summed E-state index contributed by atoms with van der Waals surface area (Å²) in [6, 6.07) is -0.0851. The maximum absolute atomic E-state index is 14.1. The second-order valence-corrected chi connectivity index (χ2v) is 6.43. The third-order valence-electron chi connectivity index (χ3n) is 4.55. The molecule has 0 bridgehead atoms. The van der Waals surface area contributed by atoms with Crippen LogP contribution in [0.4, 0.5) is 17.6 Å². The Hall–Kier alpha value is -2.32. The second-order valence-electron chi connectivity index (χ2n) is 6.43. The average molecular weight is 391 g/mol. The molecule has 2 rings (SSSR count). The summed E-state index contributed by atoms with van der Waals surface area (Å²) in [5.74, 6) is -5.18. The van der Waals surface area contributed by atoms with Gasteiger partial charge in [0, 0.05) is 12.1 Å². The first-order valence-electron chi connectivity index (χ1n) is 8.64. The highest BCUT2D eigenvalue weighted by Crippen LogP contribution is 2.28. The maximum atomic E-state index is 14.1. The Balaban J connectivity index is 2.15. The van der Waals surface area contributed by atoms with Crippen LogP contribution in [0.5, 0.6) is 5.75 Å². The molecule has 1 fully saturated rings. The molecular weight excluding hydrogens is 370 g/mol. The zero-order chi connectivity index (χ0) is 20.0. The Labute approximate surface area is 154 Å². The molecule has 27 heavy (non-hydrogen) atoms. The smallest absolute Gasteiger partial charge is 0.387 e. The van der Waals surface area contributed by atoms with Crippen LogP contribution in [0.15, 0.2) is 12.1 Å². The normalized spacial score (nSPS) is 16.1. The van der Waals surface area contributed by atoms with Crippen molar-refractivity contribution in [2.75, 3.05) is 7.11 Å². The first kappa shape index (κ1) is 21.0. The minimum Gasteiger partial charge on any atom is -0.467 e. The van der Waals surface area contributed by atoms with Crippen LogP contribution in [-0.4, -0.2) is 31.6 Å². The van der Waals surface area contributed by atoms with Gasteiger partial charge >= 0.3 is 12.6 Å². The molecule has 0 unspecified atom stereocenters. The Morgan fingerprint density at radius 2 is 1.74 bits per heavy atom. The highest BCUT2D eigenvalue weighted by molar-refractivity contribution is 5.97. The van der Waals surface area contributed by atoms with Gasteiger partial charge in [0.25, 0.3) is 5.91 Å². The predicted molar refractivity (Wildman–Crippen MR) is 87.5 cm³/mol. The van der Waals surface area contributed by atoms with Crippen molar-refractivity contribution in [3.8, 4) is 5.75 Å². The van der Waals surface area contributed by atoms with Gasteiger partial charge in [0.15, 0.2) is 0 Å². The number of esters is 1. The summed E-state index contributed by atoms with van der Waals surface area (Å²) in [7, 11) is 1.15. The Morgan fingerprint density at radius 3 is 2.26 bits per heavy atom. The number of nitrogens with one attached hydrogen (secondary N) is 1. The van der Waals surface area contributed by atoms with Crippen LogP contribution < -0.4 is 10.1 Å². The number of methoxy groups -OCH3 is 1. The monoisotopic (exact) mass is 391 g/mol. The molecule has 9 heteroatoms. The fraction of sp³-hybridized carbons (Fsp3) is 0.556. The quantitative estimate of drug-likeness (QED) is 0.567. The fourth-order valence-corrected chi connectivity index (χ4v) is 3.28. The van der Waals surface area contributed by atoms with E-state index in [-0.39, 0.29) is 5.92 Å². The molecule has 1 aliphatic rings. The van der Waals surface area contributed by atoms with Crippen LogP contribution >= 0.6 is 0 Å². The summed E-state index contributed by atoms with van der Waals surface area (Å²) in [4.78, 5) is 24.3. The van der Waals surface area contributed by atoms with Crippen molar-refractivity contribution in [1.29, 1.82) is 0 Å². The summed E-state index contributed by atoms with van der Waals surface area (Å²) in [6.07, 6.45) is 5.23. The largest absolute Gasteiger partial charge is 0.467 e. The number of alkyl halides is 2. The number of hydrogen-bond donors (Lipinski definition) is 1. The van der Waals surface area contributed by atoms with Gasteiger partial charge < -0.3 is 14.8 Å². The lowest BCUT2D eigenvalue weighted by atomic mass is 9.84. The molecular formula is C18H21F4NO4. The van der Waals surface area contributed by atoms with Gasteiger partial charge in [0.1, 0.15) is 29.0 Å². The lowest BCUT2D eigenvalue weighted by molar-refractivity contribution is -0.143. The lowest BCUT2D eigenvalue weighted by Gasteiger charge is -2.26. The SMILES string of the molecule is COC(=O)[C@H](CC1CCCCC1)NC(=O)c1c(F)cc(OC(F)F)cc1F. The molecule has 1 atom stereocenters. The number of ether oxygens (including phenoxy) is 2. The van der Waals surface area contributed by atoms with Gasteiger partial charge in [-0.1, -0.05) is 32.1 Å². The second kappa shape index (κ2) is 9.57. The molecule has 1 aromatic carbocycles. The summed E-state index contributed by atoms with van der Waals surface area (Å²) < 4.78 is 61.1. The topological polar surface area (TPSA) is 64.6 Å². The summed E-state index contributed by atoms with van der Waals surface area (Å²) in [6.45, 7) is -3.26. The minimum absolute atomic E-state index is 0.194. The standard InChI is InChI=1S/C18H21F4NO4/c1-26-17(25)14(7-10-5-3-2-4-6-10)23-16(24)15-12(19)8-11(9-13(15)20)27-18(21)22/h8-10,14,18H,2-7H2,1H3,(H,23,24)/t14-/m0/s1. The van der Waals surface area contributed by atoms with Gasteiger partial charge in [0.2, 0.25) is 0 Å². The molecule has 0 aromatic heterocycles. The number of benzene rings is 1. The zero-order valence-electron chi connectivity index (χ0n) is 14.8. The molecule has 0 heterocycles. The van der Waals surface area contributed by atoms with Crippen LogP contribution in [-0.2, 0) is 9.53 Å². The van der Waals surface area contributed by atoms with Crippen LogP contribution in [0.3, 0.4) is 0 Å². The van der Waals surface area contributed by atoms with Crippen molar-refractivity contribution in [2.45, 2.75) is 51.2 Å². The molecule has 150 valence electrons. The molecule has 1 saturated carbocycles. The van der Waals surface area contributed by atoms with Gasteiger partial charge in [-0.05, 0) is 12.3 Å². The average Bonchev–Trinajstić information content (AvgIpc) is 2.60. The molecule has 0 aliphatic heterocycles. The van der Waals surface area contributed by atoms with E-state index in [0.717, 1.165) is 39.2 Å². The number of halogens is 4. The highest BCUT2D eigenvalue weighted by atomic mass is 19.3.